The number of aromatic nitrogens is 2. The van der Waals surface area contributed by atoms with Crippen LogP contribution in [-0.4, -0.2) is 26.9 Å². The zero-order valence-corrected chi connectivity index (χ0v) is 18.4. The number of carbonyl (C=O) groups is 1. The van der Waals surface area contributed by atoms with Crippen molar-refractivity contribution in [3.05, 3.63) is 70.3 Å². The lowest BCUT2D eigenvalue weighted by Crippen LogP contribution is -2.38. The largest absolute Gasteiger partial charge is 0.333 e. The van der Waals surface area contributed by atoms with E-state index in [0.717, 1.165) is 30.5 Å². The first kappa shape index (κ1) is 21.8. The van der Waals surface area contributed by atoms with Crippen LogP contribution in [0.15, 0.2) is 53.3 Å². The molecule has 0 saturated heterocycles. The van der Waals surface area contributed by atoms with Crippen molar-refractivity contribution in [2.24, 2.45) is 0 Å². The van der Waals surface area contributed by atoms with Crippen LogP contribution in [0.5, 0.6) is 0 Å². The number of fused-ring (bicyclic) bond motifs is 1. The molecule has 1 atom stereocenters. The average molecular weight is 406 g/mol. The summed E-state index contributed by atoms with van der Waals surface area (Å²) >= 11 is 0. The van der Waals surface area contributed by atoms with E-state index in [1.165, 1.54) is 0 Å². The number of hydrogen-bond donors (Lipinski definition) is 0. The fraction of sp³-hybridized carbons (Fsp3) is 0.400. The first-order valence-corrected chi connectivity index (χ1v) is 10.9. The summed E-state index contributed by atoms with van der Waals surface area (Å²) < 4.78 is 1.68. The molecule has 0 bridgehead atoms. The van der Waals surface area contributed by atoms with Gasteiger partial charge >= 0.3 is 0 Å². The number of carbonyl (C=O) groups excluding carboxylic acids is 1. The molecule has 1 aromatic heterocycles. The Morgan fingerprint density at radius 3 is 2.57 bits per heavy atom. The zero-order valence-electron chi connectivity index (χ0n) is 18.4. The highest BCUT2D eigenvalue weighted by Crippen LogP contribution is 2.24. The molecule has 0 radical (unpaired) electrons. The molecule has 1 unspecified atom stereocenters. The van der Waals surface area contributed by atoms with Crippen molar-refractivity contribution in [3.8, 4) is 5.69 Å². The number of rotatable bonds is 8. The normalized spacial score (nSPS) is 12.1. The molecule has 5 heteroatoms. The third-order valence-electron chi connectivity index (χ3n) is 5.44. The Labute approximate surface area is 178 Å². The number of hydrogen-bond acceptors (Lipinski definition) is 3. The molecule has 158 valence electrons. The van der Waals surface area contributed by atoms with Gasteiger partial charge in [-0.2, -0.15) is 0 Å². The van der Waals surface area contributed by atoms with Crippen LogP contribution in [0.4, 0.5) is 0 Å². The first-order chi connectivity index (χ1) is 14.5. The minimum atomic E-state index is -0.312. The second-order valence-electron chi connectivity index (χ2n) is 7.83. The number of para-hydroxylation sites is 1. The van der Waals surface area contributed by atoms with Crippen molar-refractivity contribution >= 4 is 16.8 Å². The number of amides is 1. The van der Waals surface area contributed by atoms with Gasteiger partial charge in [-0.3, -0.25) is 14.2 Å². The van der Waals surface area contributed by atoms with Crippen molar-refractivity contribution in [1.29, 1.82) is 0 Å². The van der Waals surface area contributed by atoms with Crippen molar-refractivity contribution in [1.82, 2.24) is 14.5 Å². The maximum Gasteiger partial charge on any atom is 0.266 e. The van der Waals surface area contributed by atoms with Crippen LogP contribution in [0.2, 0.25) is 0 Å². The van der Waals surface area contributed by atoms with E-state index >= 15 is 0 Å². The molecule has 3 rings (SSSR count). The molecular weight excluding hydrogens is 374 g/mol. The van der Waals surface area contributed by atoms with Crippen molar-refractivity contribution in [3.63, 3.8) is 0 Å². The van der Waals surface area contributed by atoms with Gasteiger partial charge in [-0.05, 0) is 56.5 Å². The van der Waals surface area contributed by atoms with Gasteiger partial charge in [0, 0.05) is 13.0 Å². The van der Waals surface area contributed by atoms with Gasteiger partial charge in [0.25, 0.3) is 5.56 Å². The van der Waals surface area contributed by atoms with Gasteiger partial charge in [0.05, 0.1) is 22.6 Å². The standard InChI is InChI=1S/C25H31N3O2/c1-5-7-16-27(23(29)11-6-2)19(4)24-26-22-15-9-8-14-21(22)25(30)28(24)20-13-10-12-18(3)17-20/h8-10,12-15,17,19H,5-7,11,16H2,1-4H3. The van der Waals surface area contributed by atoms with E-state index in [-0.39, 0.29) is 17.5 Å². The van der Waals surface area contributed by atoms with Crippen LogP contribution < -0.4 is 5.56 Å². The Balaban J connectivity index is 2.23. The summed E-state index contributed by atoms with van der Waals surface area (Å²) in [5, 5.41) is 0.579. The molecule has 30 heavy (non-hydrogen) atoms. The molecule has 1 heterocycles. The monoisotopic (exact) mass is 405 g/mol. The molecule has 0 aliphatic carbocycles. The number of nitrogens with zero attached hydrogens (tertiary/aromatic N) is 3. The zero-order chi connectivity index (χ0) is 21.7. The predicted molar refractivity (Wildman–Crippen MR) is 122 cm³/mol. The highest BCUT2D eigenvalue weighted by atomic mass is 16.2. The van der Waals surface area contributed by atoms with Gasteiger partial charge < -0.3 is 4.90 Å². The molecule has 0 fully saturated rings. The molecule has 0 aliphatic heterocycles. The topological polar surface area (TPSA) is 55.2 Å². The van der Waals surface area contributed by atoms with Gasteiger partial charge in [-0.1, -0.05) is 44.5 Å². The molecule has 0 spiro atoms. The lowest BCUT2D eigenvalue weighted by molar-refractivity contribution is -0.133. The van der Waals surface area contributed by atoms with Gasteiger partial charge in [-0.25, -0.2) is 4.98 Å². The van der Waals surface area contributed by atoms with Gasteiger partial charge in [0.1, 0.15) is 5.82 Å². The molecule has 0 N–H and O–H groups in total. The Hall–Kier alpha value is -2.95. The van der Waals surface area contributed by atoms with E-state index < -0.39 is 0 Å². The SMILES string of the molecule is CCCCN(C(=O)CCC)C(C)c1nc2ccccc2c(=O)n1-c1cccc(C)c1. The minimum Gasteiger partial charge on any atom is -0.333 e. The van der Waals surface area contributed by atoms with E-state index in [2.05, 4.69) is 6.92 Å². The summed E-state index contributed by atoms with van der Waals surface area (Å²) in [5.74, 6) is 0.710. The Morgan fingerprint density at radius 2 is 1.87 bits per heavy atom. The summed E-state index contributed by atoms with van der Waals surface area (Å²) in [6, 6.07) is 14.9. The van der Waals surface area contributed by atoms with Crippen LogP contribution in [0, 0.1) is 6.92 Å². The number of unbranched alkanes of at least 4 members (excludes halogenated alkanes) is 1. The lowest BCUT2D eigenvalue weighted by atomic mass is 10.1. The van der Waals surface area contributed by atoms with E-state index in [1.807, 2.05) is 74.2 Å². The molecule has 2 aromatic carbocycles. The molecule has 0 aliphatic rings. The Bertz CT molecular complexity index is 1090. The highest BCUT2D eigenvalue weighted by molar-refractivity contribution is 5.79. The molecule has 3 aromatic rings. The molecular formula is C25H31N3O2. The fourth-order valence-electron chi connectivity index (χ4n) is 3.81. The summed E-state index contributed by atoms with van der Waals surface area (Å²) in [6.45, 7) is 8.77. The second-order valence-corrected chi connectivity index (χ2v) is 7.83. The summed E-state index contributed by atoms with van der Waals surface area (Å²) in [4.78, 5) is 33.2. The van der Waals surface area contributed by atoms with Crippen LogP contribution in [0.1, 0.15) is 63.9 Å². The summed E-state index contributed by atoms with van der Waals surface area (Å²) in [5.41, 5.74) is 2.40. The smallest absolute Gasteiger partial charge is 0.266 e. The first-order valence-electron chi connectivity index (χ1n) is 10.9. The number of benzene rings is 2. The van der Waals surface area contributed by atoms with Crippen LogP contribution in [0.3, 0.4) is 0 Å². The molecule has 5 nitrogen and oxygen atoms in total. The Kier molecular flexibility index (Phi) is 7.03. The Morgan fingerprint density at radius 1 is 1.10 bits per heavy atom. The molecule has 1 amide bonds. The van der Waals surface area contributed by atoms with E-state index in [9.17, 15) is 9.59 Å². The average Bonchev–Trinajstić information content (AvgIpc) is 2.74. The van der Waals surface area contributed by atoms with Gasteiger partial charge in [0.15, 0.2) is 0 Å². The number of aryl methyl sites for hydroxylation is 1. The van der Waals surface area contributed by atoms with Crippen LogP contribution in [0.25, 0.3) is 16.6 Å². The van der Waals surface area contributed by atoms with Crippen LogP contribution in [-0.2, 0) is 4.79 Å². The third-order valence-corrected chi connectivity index (χ3v) is 5.44. The van der Waals surface area contributed by atoms with Crippen molar-refractivity contribution in [2.45, 2.75) is 59.4 Å². The second kappa shape index (κ2) is 9.70. The molecule has 0 saturated carbocycles. The predicted octanol–water partition coefficient (Wildman–Crippen LogP) is 5.18. The third kappa shape index (κ3) is 4.45. The summed E-state index contributed by atoms with van der Waals surface area (Å²) in [7, 11) is 0. The van der Waals surface area contributed by atoms with Gasteiger partial charge in [-0.15, -0.1) is 0 Å². The van der Waals surface area contributed by atoms with E-state index in [4.69, 9.17) is 4.98 Å². The minimum absolute atomic E-state index is 0.105. The van der Waals surface area contributed by atoms with Crippen molar-refractivity contribution in [2.75, 3.05) is 6.54 Å². The maximum atomic E-state index is 13.5. The van der Waals surface area contributed by atoms with E-state index in [0.29, 0.717) is 29.7 Å². The highest BCUT2D eigenvalue weighted by Gasteiger charge is 2.26. The van der Waals surface area contributed by atoms with E-state index in [1.54, 1.807) is 4.57 Å². The quantitative estimate of drug-likeness (QED) is 0.519. The van der Waals surface area contributed by atoms with Gasteiger partial charge in [0.2, 0.25) is 5.91 Å². The summed E-state index contributed by atoms with van der Waals surface area (Å²) in [6.07, 6.45) is 3.21. The lowest BCUT2D eigenvalue weighted by Gasteiger charge is -2.30. The fourth-order valence-corrected chi connectivity index (χ4v) is 3.81. The maximum absolute atomic E-state index is 13.5. The van der Waals surface area contributed by atoms with Crippen LogP contribution >= 0.6 is 0 Å². The van der Waals surface area contributed by atoms with Crippen molar-refractivity contribution < 1.29 is 4.79 Å².